The predicted molar refractivity (Wildman–Crippen MR) is 133 cm³/mol. The van der Waals surface area contributed by atoms with E-state index in [0.29, 0.717) is 16.3 Å². The molecule has 2 aromatic rings. The van der Waals surface area contributed by atoms with Gasteiger partial charge in [0.2, 0.25) is 21.8 Å². The second-order valence-electron chi connectivity index (χ2n) is 8.97. The third-order valence-electron chi connectivity index (χ3n) is 5.41. The number of sulfonamides is 1. The molecule has 0 heterocycles. The van der Waals surface area contributed by atoms with Gasteiger partial charge in [0.15, 0.2) is 0 Å². The van der Waals surface area contributed by atoms with Crippen molar-refractivity contribution in [1.82, 2.24) is 10.2 Å². The summed E-state index contributed by atoms with van der Waals surface area (Å²) in [5, 5.41) is 2.99. The summed E-state index contributed by atoms with van der Waals surface area (Å²) >= 11 is 6.27. The molecule has 0 spiro atoms. The molecule has 1 atom stereocenters. The fourth-order valence-corrected chi connectivity index (χ4v) is 4.39. The molecule has 180 valence electrons. The Labute approximate surface area is 201 Å². The topological polar surface area (TPSA) is 86.8 Å². The first-order valence-electron chi connectivity index (χ1n) is 10.6. The van der Waals surface area contributed by atoms with Crippen LogP contribution in [0.5, 0.6) is 0 Å². The van der Waals surface area contributed by atoms with Crippen molar-refractivity contribution >= 4 is 39.1 Å². The summed E-state index contributed by atoms with van der Waals surface area (Å²) in [7, 11) is -2.29. The Morgan fingerprint density at radius 1 is 1.06 bits per heavy atom. The number of carbonyl (C=O) groups excluding carboxylic acids is 2. The van der Waals surface area contributed by atoms with Crippen LogP contribution in [0.4, 0.5) is 5.69 Å². The van der Waals surface area contributed by atoms with Gasteiger partial charge in [-0.2, -0.15) is 0 Å². The second kappa shape index (κ2) is 10.6. The lowest BCUT2D eigenvalue weighted by atomic mass is 9.87. The lowest BCUT2D eigenvalue weighted by Gasteiger charge is -2.31. The molecule has 0 aliphatic carbocycles. The SMILES string of the molecule is CNC(=O)[C@@H](C)N(Cc1ccccc1Cl)C(=O)CN(c1ccc(C(C)(C)C)cc1)S(C)(=O)=O. The highest BCUT2D eigenvalue weighted by molar-refractivity contribution is 7.92. The Balaban J connectivity index is 2.40. The van der Waals surface area contributed by atoms with Crippen molar-refractivity contribution < 1.29 is 18.0 Å². The van der Waals surface area contributed by atoms with Gasteiger partial charge < -0.3 is 10.2 Å². The first-order chi connectivity index (χ1) is 15.3. The minimum Gasteiger partial charge on any atom is -0.357 e. The molecule has 2 rings (SSSR count). The summed E-state index contributed by atoms with van der Waals surface area (Å²) in [6.45, 7) is 7.40. The highest BCUT2D eigenvalue weighted by Gasteiger charge is 2.30. The summed E-state index contributed by atoms with van der Waals surface area (Å²) in [6.07, 6.45) is 1.05. The number of anilines is 1. The van der Waals surface area contributed by atoms with E-state index < -0.39 is 28.5 Å². The van der Waals surface area contributed by atoms with Crippen molar-refractivity contribution in [3.8, 4) is 0 Å². The molecular formula is C24H32ClN3O4S. The van der Waals surface area contributed by atoms with Gasteiger partial charge in [0, 0.05) is 18.6 Å². The van der Waals surface area contributed by atoms with Crippen molar-refractivity contribution in [1.29, 1.82) is 0 Å². The van der Waals surface area contributed by atoms with Crippen molar-refractivity contribution in [2.75, 3.05) is 24.2 Å². The normalized spacial score (nSPS) is 12.7. The van der Waals surface area contributed by atoms with Gasteiger partial charge in [-0.05, 0) is 41.7 Å². The third kappa shape index (κ3) is 6.95. The number of rotatable bonds is 8. The molecule has 0 radical (unpaired) electrons. The number of carbonyl (C=O) groups is 2. The molecule has 0 saturated heterocycles. The van der Waals surface area contributed by atoms with Crippen LogP contribution >= 0.6 is 11.6 Å². The maximum Gasteiger partial charge on any atom is 0.244 e. The van der Waals surface area contributed by atoms with Crippen LogP contribution in [0.25, 0.3) is 0 Å². The van der Waals surface area contributed by atoms with Gasteiger partial charge in [0.05, 0.1) is 11.9 Å². The van der Waals surface area contributed by atoms with E-state index in [9.17, 15) is 18.0 Å². The van der Waals surface area contributed by atoms with E-state index in [-0.39, 0.29) is 17.9 Å². The van der Waals surface area contributed by atoms with Gasteiger partial charge in [-0.25, -0.2) is 8.42 Å². The highest BCUT2D eigenvalue weighted by atomic mass is 35.5. The zero-order valence-corrected chi connectivity index (χ0v) is 21.5. The lowest BCUT2D eigenvalue weighted by Crippen LogP contribution is -2.50. The van der Waals surface area contributed by atoms with Crippen molar-refractivity contribution in [2.24, 2.45) is 0 Å². The summed E-state index contributed by atoms with van der Waals surface area (Å²) in [4.78, 5) is 27.1. The first-order valence-corrected chi connectivity index (χ1v) is 12.8. The van der Waals surface area contributed by atoms with Crippen LogP contribution in [-0.4, -0.2) is 51.0 Å². The number of amides is 2. The Hall–Kier alpha value is -2.58. The van der Waals surface area contributed by atoms with E-state index in [1.807, 2.05) is 12.1 Å². The van der Waals surface area contributed by atoms with Crippen LogP contribution in [0.1, 0.15) is 38.8 Å². The third-order valence-corrected chi connectivity index (χ3v) is 6.92. The van der Waals surface area contributed by atoms with Gasteiger partial charge in [0.1, 0.15) is 12.6 Å². The largest absolute Gasteiger partial charge is 0.357 e. The van der Waals surface area contributed by atoms with Crippen molar-refractivity contribution in [3.05, 3.63) is 64.7 Å². The van der Waals surface area contributed by atoms with Gasteiger partial charge in [-0.15, -0.1) is 0 Å². The fourth-order valence-electron chi connectivity index (χ4n) is 3.34. The number of nitrogens with one attached hydrogen (secondary N) is 1. The van der Waals surface area contributed by atoms with Crippen LogP contribution in [0, 0.1) is 0 Å². The molecule has 33 heavy (non-hydrogen) atoms. The van der Waals surface area contributed by atoms with E-state index in [2.05, 4.69) is 26.1 Å². The maximum absolute atomic E-state index is 13.4. The van der Waals surface area contributed by atoms with Crippen LogP contribution in [0.2, 0.25) is 5.02 Å². The average Bonchev–Trinajstić information content (AvgIpc) is 2.74. The minimum atomic E-state index is -3.77. The predicted octanol–water partition coefficient (Wildman–Crippen LogP) is 3.57. The zero-order chi connectivity index (χ0) is 25.0. The standard InChI is InChI=1S/C24H32ClN3O4S/c1-17(23(30)26-5)27(15-18-9-7-8-10-21(18)25)22(29)16-28(33(6,31)32)20-13-11-19(12-14-20)24(2,3)4/h7-14,17H,15-16H2,1-6H3,(H,26,30)/t17-/m1/s1. The summed E-state index contributed by atoms with van der Waals surface area (Å²) in [5.74, 6) is -0.882. The Kier molecular flexibility index (Phi) is 8.54. The van der Waals surface area contributed by atoms with Crippen molar-refractivity contribution in [3.63, 3.8) is 0 Å². The van der Waals surface area contributed by atoms with Gasteiger partial charge in [-0.3, -0.25) is 13.9 Å². The molecule has 0 aliphatic rings. The molecular weight excluding hydrogens is 462 g/mol. The molecule has 0 bridgehead atoms. The van der Waals surface area contributed by atoms with E-state index in [0.717, 1.165) is 16.1 Å². The molecule has 0 aliphatic heterocycles. The van der Waals surface area contributed by atoms with Gasteiger partial charge in [-0.1, -0.05) is 62.7 Å². The minimum absolute atomic E-state index is 0.0632. The number of hydrogen-bond acceptors (Lipinski definition) is 4. The van der Waals surface area contributed by atoms with Crippen molar-refractivity contribution in [2.45, 2.75) is 45.7 Å². The molecule has 0 fully saturated rings. The smallest absolute Gasteiger partial charge is 0.244 e. The molecule has 0 unspecified atom stereocenters. The number of benzene rings is 2. The van der Waals surface area contributed by atoms with Crippen LogP contribution in [0.3, 0.4) is 0 Å². The summed E-state index contributed by atoms with van der Waals surface area (Å²) in [5.41, 5.74) is 1.98. The van der Waals surface area contributed by atoms with E-state index in [1.165, 1.54) is 11.9 Å². The summed E-state index contributed by atoms with van der Waals surface area (Å²) in [6, 6.07) is 13.3. The van der Waals surface area contributed by atoms with Gasteiger partial charge in [0.25, 0.3) is 0 Å². The van der Waals surface area contributed by atoms with Crippen LogP contribution in [-0.2, 0) is 31.6 Å². The maximum atomic E-state index is 13.4. The number of halogens is 1. The summed E-state index contributed by atoms with van der Waals surface area (Å²) < 4.78 is 26.3. The monoisotopic (exact) mass is 493 g/mol. The zero-order valence-electron chi connectivity index (χ0n) is 19.9. The first kappa shape index (κ1) is 26.7. The molecule has 2 amide bonds. The van der Waals surface area contributed by atoms with E-state index in [4.69, 9.17) is 11.6 Å². The highest BCUT2D eigenvalue weighted by Crippen LogP contribution is 2.26. The number of hydrogen-bond donors (Lipinski definition) is 1. The van der Waals surface area contributed by atoms with E-state index >= 15 is 0 Å². The number of likely N-dealkylation sites (N-methyl/N-ethyl adjacent to an activating group) is 1. The lowest BCUT2D eigenvalue weighted by molar-refractivity contribution is -0.139. The van der Waals surface area contributed by atoms with Crippen LogP contribution < -0.4 is 9.62 Å². The quantitative estimate of drug-likeness (QED) is 0.609. The fraction of sp³-hybridized carbons (Fsp3) is 0.417. The Morgan fingerprint density at radius 3 is 2.12 bits per heavy atom. The van der Waals surface area contributed by atoms with Crippen LogP contribution in [0.15, 0.2) is 48.5 Å². The Morgan fingerprint density at radius 2 is 1.64 bits per heavy atom. The molecule has 7 nitrogen and oxygen atoms in total. The molecule has 9 heteroatoms. The molecule has 2 aromatic carbocycles. The molecule has 0 aromatic heterocycles. The van der Waals surface area contributed by atoms with Gasteiger partial charge >= 0.3 is 0 Å². The number of nitrogens with zero attached hydrogens (tertiary/aromatic N) is 2. The molecule has 1 N–H and O–H groups in total. The average molecular weight is 494 g/mol. The Bertz CT molecular complexity index is 1100. The molecule has 0 saturated carbocycles. The second-order valence-corrected chi connectivity index (χ2v) is 11.3. The van der Waals surface area contributed by atoms with E-state index in [1.54, 1.807) is 43.3 Å².